The molecule has 1 saturated heterocycles. The molecule has 6 heteroatoms. The van der Waals surface area contributed by atoms with E-state index in [-0.39, 0.29) is 0 Å². The Bertz CT molecular complexity index is 1920. The summed E-state index contributed by atoms with van der Waals surface area (Å²) in [6.45, 7) is 2.29. The fraction of sp³-hybridized carbons (Fsp3) is 0.132. The Labute approximate surface area is 258 Å². The van der Waals surface area contributed by atoms with Crippen LogP contribution >= 0.6 is 7.59 Å². The molecular formula is C38H33N4OP. The molecule has 44 heavy (non-hydrogen) atoms. The fourth-order valence-corrected chi connectivity index (χ4v) is 8.93. The van der Waals surface area contributed by atoms with E-state index >= 15 is 4.57 Å². The molecule has 1 fully saturated rings. The summed E-state index contributed by atoms with van der Waals surface area (Å²) < 4.78 is 19.5. The summed E-state index contributed by atoms with van der Waals surface area (Å²) in [5.74, 6) is 0. The van der Waals surface area contributed by atoms with Gasteiger partial charge in [-0.25, -0.2) is 14.4 Å². The lowest BCUT2D eigenvalue weighted by atomic mass is 10.0. The Morgan fingerprint density at radius 2 is 1.09 bits per heavy atom. The summed E-state index contributed by atoms with van der Waals surface area (Å²) in [4.78, 5) is 0. The first-order chi connectivity index (χ1) is 21.6. The number of nitriles is 1. The summed E-state index contributed by atoms with van der Waals surface area (Å²) in [5, 5.41) is 18.4. The van der Waals surface area contributed by atoms with E-state index in [1.54, 1.807) is 0 Å². The summed E-state index contributed by atoms with van der Waals surface area (Å²) in [6, 6.07) is 49.1. The van der Waals surface area contributed by atoms with Crippen LogP contribution in [-0.4, -0.2) is 22.4 Å². The average Bonchev–Trinajstić information content (AvgIpc) is 3.38. The molecule has 0 aliphatic carbocycles. The maximum absolute atomic E-state index is 15.4. The molecule has 1 N–H and O–H groups in total. The molecule has 7 rings (SSSR count). The van der Waals surface area contributed by atoms with Crippen molar-refractivity contribution in [2.45, 2.75) is 19.1 Å². The average molecular weight is 593 g/mol. The minimum absolute atomic E-state index is 0.517. The van der Waals surface area contributed by atoms with E-state index in [4.69, 9.17) is 0 Å². The van der Waals surface area contributed by atoms with Crippen molar-refractivity contribution >= 4 is 29.1 Å². The Kier molecular flexibility index (Phi) is 7.83. The highest BCUT2D eigenvalue weighted by Crippen LogP contribution is 2.56. The minimum Gasteiger partial charge on any atom is -0.270 e. The van der Waals surface area contributed by atoms with Gasteiger partial charge in [-0.15, -0.1) is 0 Å². The number of hydrogen-bond acceptors (Lipinski definition) is 2. The summed E-state index contributed by atoms with van der Waals surface area (Å²) in [5.41, 5.74) is 5.24. The van der Waals surface area contributed by atoms with Gasteiger partial charge < -0.3 is 0 Å². The zero-order valence-corrected chi connectivity index (χ0v) is 25.3. The van der Waals surface area contributed by atoms with Crippen molar-refractivity contribution in [3.05, 3.63) is 156 Å². The van der Waals surface area contributed by atoms with Crippen LogP contribution < -0.4 is 5.09 Å². The van der Waals surface area contributed by atoms with Gasteiger partial charge in [0.05, 0.1) is 6.07 Å². The van der Waals surface area contributed by atoms with Gasteiger partial charge in [0.1, 0.15) is 6.04 Å². The van der Waals surface area contributed by atoms with Crippen molar-refractivity contribution in [2.75, 3.05) is 13.1 Å². The molecule has 1 atom stereocenters. The van der Waals surface area contributed by atoms with Gasteiger partial charge in [0.15, 0.2) is 0 Å². The summed E-state index contributed by atoms with van der Waals surface area (Å²) in [7, 11) is -3.39. The quantitative estimate of drug-likeness (QED) is 0.179. The van der Waals surface area contributed by atoms with Crippen LogP contribution in [0.4, 0.5) is 0 Å². The van der Waals surface area contributed by atoms with Gasteiger partial charge in [-0.2, -0.15) is 5.26 Å². The van der Waals surface area contributed by atoms with E-state index < -0.39 is 13.6 Å². The van der Waals surface area contributed by atoms with Crippen LogP contribution in [0.15, 0.2) is 140 Å². The zero-order chi connectivity index (χ0) is 29.9. The standard InChI is InChI=1S/C38H33N4OP/c39-26-38(33-22-20-30(21-23-33)29-10-2-1-3-11-29)40-44(43)41(27-34-16-8-14-31-12-4-6-18-36(31)34)24-25-42(44)28-35-17-9-15-32-13-5-7-19-37(32)35/h1-23,38H,24-25,27-28H2,(H,40,43)/t38-/m1/s1. The van der Waals surface area contributed by atoms with E-state index in [1.165, 1.54) is 0 Å². The van der Waals surface area contributed by atoms with Crippen LogP contribution in [0.1, 0.15) is 22.7 Å². The van der Waals surface area contributed by atoms with Crippen LogP contribution in [0.3, 0.4) is 0 Å². The number of rotatable bonds is 8. The Morgan fingerprint density at radius 3 is 1.64 bits per heavy atom. The topological polar surface area (TPSA) is 59.4 Å². The second kappa shape index (κ2) is 12.2. The second-order valence-corrected chi connectivity index (χ2v) is 13.8. The van der Waals surface area contributed by atoms with Gasteiger partial charge >= 0.3 is 0 Å². The van der Waals surface area contributed by atoms with Crippen LogP contribution in [0.2, 0.25) is 0 Å². The molecule has 1 aliphatic rings. The van der Waals surface area contributed by atoms with E-state index in [0.717, 1.165) is 49.4 Å². The third-order valence-corrected chi connectivity index (χ3v) is 11.4. The molecule has 5 nitrogen and oxygen atoms in total. The predicted molar refractivity (Wildman–Crippen MR) is 180 cm³/mol. The van der Waals surface area contributed by atoms with Gasteiger partial charge in [0.2, 0.25) is 0 Å². The molecule has 6 aromatic carbocycles. The minimum atomic E-state index is -3.39. The van der Waals surface area contributed by atoms with Crippen LogP contribution in [0, 0.1) is 11.3 Å². The zero-order valence-electron chi connectivity index (χ0n) is 24.4. The van der Waals surface area contributed by atoms with Crippen molar-refractivity contribution < 1.29 is 4.57 Å². The highest BCUT2D eigenvalue weighted by Gasteiger charge is 2.44. The van der Waals surface area contributed by atoms with Crippen LogP contribution in [0.5, 0.6) is 0 Å². The molecule has 0 saturated carbocycles. The van der Waals surface area contributed by atoms with Crippen molar-refractivity contribution in [3.63, 3.8) is 0 Å². The van der Waals surface area contributed by atoms with Crippen molar-refractivity contribution in [1.29, 1.82) is 5.26 Å². The lowest BCUT2D eigenvalue weighted by molar-refractivity contribution is 0.416. The van der Waals surface area contributed by atoms with E-state index in [2.05, 4.69) is 93.3 Å². The lowest BCUT2D eigenvalue weighted by Gasteiger charge is -2.33. The Morgan fingerprint density at radius 1 is 0.614 bits per heavy atom. The highest BCUT2D eigenvalue weighted by atomic mass is 31.2. The van der Waals surface area contributed by atoms with Gasteiger partial charge in [-0.05, 0) is 49.4 Å². The van der Waals surface area contributed by atoms with Crippen LogP contribution in [-0.2, 0) is 17.7 Å². The molecule has 0 amide bonds. The fourth-order valence-electron chi connectivity index (χ4n) is 6.29. The SMILES string of the molecule is N#C[C@@H](NP1(=O)N(Cc2cccc3ccccc23)CCN1Cc1cccc2ccccc12)c1ccc(-c2ccccc2)cc1. The third kappa shape index (κ3) is 5.46. The first kappa shape index (κ1) is 28.2. The number of nitrogens with zero attached hydrogens (tertiary/aromatic N) is 3. The normalized spacial score (nSPS) is 15.8. The van der Waals surface area contributed by atoms with E-state index in [1.807, 2.05) is 66.7 Å². The Balaban J connectivity index is 1.23. The number of benzene rings is 6. The summed E-state index contributed by atoms with van der Waals surface area (Å²) in [6.07, 6.45) is 0. The van der Waals surface area contributed by atoms with Gasteiger partial charge in [-0.1, -0.05) is 140 Å². The Hall–Kier alpha value is -4.56. The third-order valence-electron chi connectivity index (χ3n) is 8.63. The molecular weight excluding hydrogens is 559 g/mol. The molecule has 0 bridgehead atoms. The molecule has 1 aliphatic heterocycles. The van der Waals surface area contributed by atoms with Gasteiger partial charge in [0.25, 0.3) is 7.59 Å². The number of nitrogens with one attached hydrogen (secondary N) is 1. The van der Waals surface area contributed by atoms with Gasteiger partial charge in [-0.3, -0.25) is 4.57 Å². The van der Waals surface area contributed by atoms with E-state index in [9.17, 15) is 5.26 Å². The van der Waals surface area contributed by atoms with Gasteiger partial charge in [0, 0.05) is 26.2 Å². The molecule has 0 spiro atoms. The first-order valence-corrected chi connectivity index (χ1v) is 16.6. The smallest absolute Gasteiger partial charge is 0.270 e. The van der Waals surface area contributed by atoms with Crippen LogP contribution in [0.25, 0.3) is 32.7 Å². The molecule has 6 aromatic rings. The maximum Gasteiger partial charge on any atom is 0.286 e. The summed E-state index contributed by atoms with van der Waals surface area (Å²) >= 11 is 0. The van der Waals surface area contributed by atoms with Crippen molar-refractivity contribution in [3.8, 4) is 17.2 Å². The highest BCUT2D eigenvalue weighted by molar-refractivity contribution is 7.57. The molecule has 0 unspecified atom stereocenters. The number of fused-ring (bicyclic) bond motifs is 2. The second-order valence-electron chi connectivity index (χ2n) is 11.3. The van der Waals surface area contributed by atoms with Crippen molar-refractivity contribution in [1.82, 2.24) is 14.4 Å². The molecule has 0 radical (unpaired) electrons. The molecule has 0 aromatic heterocycles. The molecule has 216 valence electrons. The van der Waals surface area contributed by atoms with Crippen molar-refractivity contribution in [2.24, 2.45) is 0 Å². The largest absolute Gasteiger partial charge is 0.286 e. The molecule has 1 heterocycles. The predicted octanol–water partition coefficient (Wildman–Crippen LogP) is 8.94. The lowest BCUT2D eigenvalue weighted by Crippen LogP contribution is -2.31. The monoisotopic (exact) mass is 592 g/mol. The first-order valence-electron chi connectivity index (χ1n) is 15.0. The van der Waals surface area contributed by atoms with E-state index in [0.29, 0.717) is 26.2 Å². The number of hydrogen-bond donors (Lipinski definition) is 1. The maximum atomic E-state index is 15.4.